The summed E-state index contributed by atoms with van der Waals surface area (Å²) in [5.41, 5.74) is 0. The number of esters is 1. The van der Waals surface area contributed by atoms with Crippen molar-refractivity contribution in [3.63, 3.8) is 0 Å². The Kier molecular flexibility index (Phi) is 63.4. The Bertz CT molecular complexity index is 1170. The van der Waals surface area contributed by atoms with Gasteiger partial charge in [-0.25, -0.2) is 0 Å². The summed E-state index contributed by atoms with van der Waals surface area (Å²) < 4.78 is 5.49. The summed E-state index contributed by atoms with van der Waals surface area (Å²) >= 11 is 0. The van der Waals surface area contributed by atoms with Crippen LogP contribution < -0.4 is 5.32 Å². The van der Waals surface area contributed by atoms with Crippen LogP contribution >= 0.6 is 0 Å². The van der Waals surface area contributed by atoms with E-state index in [2.05, 4.69) is 43.5 Å². The van der Waals surface area contributed by atoms with Gasteiger partial charge in [0.2, 0.25) is 5.91 Å². The molecule has 0 bridgehead atoms. The number of amides is 1. The van der Waals surface area contributed by atoms with Gasteiger partial charge in [-0.15, -0.1) is 0 Å². The molecule has 0 spiro atoms. The minimum atomic E-state index is -0.664. The van der Waals surface area contributed by atoms with Gasteiger partial charge in [-0.3, -0.25) is 9.59 Å². The molecule has 0 rings (SSSR count). The summed E-state index contributed by atoms with van der Waals surface area (Å²) in [6.45, 7) is 4.98. The molecule has 75 heavy (non-hydrogen) atoms. The molecule has 6 nitrogen and oxygen atoms in total. The Morgan fingerprint density at radius 2 is 0.667 bits per heavy atom. The molecule has 0 aromatic heterocycles. The lowest BCUT2D eigenvalue weighted by Crippen LogP contribution is -2.45. The number of aliphatic hydroxyl groups is 2. The van der Waals surface area contributed by atoms with Crippen molar-refractivity contribution in [3.05, 3.63) is 24.3 Å². The van der Waals surface area contributed by atoms with E-state index < -0.39 is 12.1 Å². The first-order valence-electron chi connectivity index (χ1n) is 34.1. The molecule has 0 aliphatic carbocycles. The standard InChI is InChI=1S/C69H133NO5/c1-3-5-7-9-11-13-15-17-34-37-41-45-49-53-57-61-67(72)66(65-71)70-68(73)62-58-54-50-46-42-38-35-32-30-28-26-24-22-20-19-21-23-25-27-29-31-33-36-40-44-48-52-56-60-64-75-69(74)63-59-55-51-47-43-39-18-16-14-12-10-8-6-4-2/h19,21,25,27,66-67,71-72H,3-18,20,22-24,26,28-65H2,1-2H3,(H,70,73)/b21-19-,27-25-. The van der Waals surface area contributed by atoms with Crippen molar-refractivity contribution < 1.29 is 24.5 Å². The highest BCUT2D eigenvalue weighted by Crippen LogP contribution is 2.18. The lowest BCUT2D eigenvalue weighted by Gasteiger charge is -2.22. The summed E-state index contributed by atoms with van der Waals surface area (Å²) in [6.07, 6.45) is 80.7. The molecule has 0 aromatic carbocycles. The van der Waals surface area contributed by atoms with Crippen molar-refractivity contribution in [1.29, 1.82) is 0 Å². The van der Waals surface area contributed by atoms with Gasteiger partial charge in [0, 0.05) is 12.8 Å². The fourth-order valence-corrected chi connectivity index (χ4v) is 10.8. The van der Waals surface area contributed by atoms with Gasteiger partial charge in [0.1, 0.15) is 0 Å². The molecule has 2 unspecified atom stereocenters. The molecule has 0 heterocycles. The molecule has 0 aliphatic heterocycles. The number of hydrogen-bond donors (Lipinski definition) is 3. The first-order chi connectivity index (χ1) is 37.0. The second-order valence-corrected chi connectivity index (χ2v) is 23.5. The molecular formula is C69H133NO5. The van der Waals surface area contributed by atoms with E-state index in [-0.39, 0.29) is 18.5 Å². The average molecular weight is 1060 g/mol. The smallest absolute Gasteiger partial charge is 0.305 e. The monoisotopic (exact) mass is 1060 g/mol. The van der Waals surface area contributed by atoms with Crippen molar-refractivity contribution in [3.8, 4) is 0 Å². The van der Waals surface area contributed by atoms with Crippen molar-refractivity contribution in [2.75, 3.05) is 13.2 Å². The summed E-state index contributed by atoms with van der Waals surface area (Å²) in [5.74, 6) is -0.0185. The molecule has 2 atom stereocenters. The maximum Gasteiger partial charge on any atom is 0.305 e. The van der Waals surface area contributed by atoms with Gasteiger partial charge in [-0.2, -0.15) is 0 Å². The van der Waals surface area contributed by atoms with Crippen LogP contribution in [0.15, 0.2) is 24.3 Å². The number of hydrogen-bond acceptors (Lipinski definition) is 5. The number of allylic oxidation sites excluding steroid dienone is 4. The highest BCUT2D eigenvalue weighted by atomic mass is 16.5. The third-order valence-electron chi connectivity index (χ3n) is 16.0. The van der Waals surface area contributed by atoms with Crippen molar-refractivity contribution >= 4 is 11.9 Å². The fourth-order valence-electron chi connectivity index (χ4n) is 10.8. The van der Waals surface area contributed by atoms with Gasteiger partial charge in [0.05, 0.1) is 25.4 Å². The number of carbonyl (C=O) groups excluding carboxylic acids is 2. The summed E-state index contributed by atoms with van der Waals surface area (Å²) in [5, 5.41) is 23.3. The summed E-state index contributed by atoms with van der Waals surface area (Å²) in [4.78, 5) is 24.6. The topological polar surface area (TPSA) is 95.9 Å². The number of aliphatic hydroxyl groups excluding tert-OH is 2. The molecule has 0 saturated heterocycles. The van der Waals surface area contributed by atoms with E-state index in [0.717, 1.165) is 44.9 Å². The Hall–Kier alpha value is -1.66. The Morgan fingerprint density at radius 3 is 1.01 bits per heavy atom. The van der Waals surface area contributed by atoms with E-state index in [4.69, 9.17) is 4.74 Å². The maximum atomic E-state index is 12.5. The number of nitrogens with one attached hydrogen (secondary N) is 1. The molecule has 0 saturated carbocycles. The van der Waals surface area contributed by atoms with Crippen LogP contribution in [-0.4, -0.2) is 47.4 Å². The SMILES string of the molecule is CCCCCCCCCCCCCCCCCC(O)C(CO)NC(=O)CCCCCCCCCCCCCCC/C=C\C/C=C\CCCCCCCCCCCOC(=O)CCCCCCCCCCCCCCCC. The third kappa shape index (κ3) is 61.4. The third-order valence-corrected chi connectivity index (χ3v) is 16.0. The van der Waals surface area contributed by atoms with Crippen LogP contribution in [0.5, 0.6) is 0 Å². The van der Waals surface area contributed by atoms with E-state index in [1.165, 1.54) is 302 Å². The molecule has 1 amide bonds. The van der Waals surface area contributed by atoms with Gasteiger partial charge < -0.3 is 20.3 Å². The van der Waals surface area contributed by atoms with E-state index in [1.54, 1.807) is 0 Å². The van der Waals surface area contributed by atoms with Gasteiger partial charge in [0.25, 0.3) is 0 Å². The van der Waals surface area contributed by atoms with Crippen LogP contribution in [0.4, 0.5) is 0 Å². The molecular weight excluding hydrogens is 923 g/mol. The normalized spacial score (nSPS) is 12.6. The lowest BCUT2D eigenvalue weighted by atomic mass is 10.0. The average Bonchev–Trinajstić information content (AvgIpc) is 3.41. The molecule has 0 aliphatic rings. The Morgan fingerprint density at radius 1 is 0.373 bits per heavy atom. The summed E-state index contributed by atoms with van der Waals surface area (Å²) in [6, 6.07) is -0.542. The first-order valence-corrected chi connectivity index (χ1v) is 34.1. The minimum Gasteiger partial charge on any atom is -0.466 e. The molecule has 444 valence electrons. The quantitative estimate of drug-likeness (QED) is 0.0320. The van der Waals surface area contributed by atoms with Crippen LogP contribution in [0.2, 0.25) is 0 Å². The Balaban J connectivity index is 3.39. The molecule has 0 fully saturated rings. The fraction of sp³-hybridized carbons (Fsp3) is 0.913. The zero-order valence-corrected chi connectivity index (χ0v) is 50.8. The van der Waals surface area contributed by atoms with Crippen LogP contribution in [0.1, 0.15) is 380 Å². The number of unbranched alkanes of at least 4 members (excludes halogenated alkanes) is 49. The molecule has 0 radical (unpaired) electrons. The largest absolute Gasteiger partial charge is 0.466 e. The lowest BCUT2D eigenvalue weighted by molar-refractivity contribution is -0.143. The zero-order chi connectivity index (χ0) is 54.3. The van der Waals surface area contributed by atoms with Gasteiger partial charge in [-0.05, 0) is 57.8 Å². The maximum absolute atomic E-state index is 12.5. The van der Waals surface area contributed by atoms with E-state index in [1.807, 2.05) is 0 Å². The van der Waals surface area contributed by atoms with E-state index >= 15 is 0 Å². The minimum absolute atomic E-state index is 0.0148. The second kappa shape index (κ2) is 64.9. The highest BCUT2D eigenvalue weighted by Gasteiger charge is 2.20. The van der Waals surface area contributed by atoms with Gasteiger partial charge in [-0.1, -0.05) is 334 Å². The zero-order valence-electron chi connectivity index (χ0n) is 50.8. The predicted octanol–water partition coefficient (Wildman–Crippen LogP) is 21.8. The molecule has 3 N–H and O–H groups in total. The number of carbonyl (C=O) groups is 2. The van der Waals surface area contributed by atoms with Crippen molar-refractivity contribution in [2.45, 2.75) is 392 Å². The second-order valence-electron chi connectivity index (χ2n) is 23.5. The van der Waals surface area contributed by atoms with E-state index in [0.29, 0.717) is 25.9 Å². The van der Waals surface area contributed by atoms with Gasteiger partial charge >= 0.3 is 5.97 Å². The van der Waals surface area contributed by atoms with Crippen molar-refractivity contribution in [2.24, 2.45) is 0 Å². The highest BCUT2D eigenvalue weighted by molar-refractivity contribution is 5.76. The van der Waals surface area contributed by atoms with Crippen LogP contribution in [0.3, 0.4) is 0 Å². The van der Waals surface area contributed by atoms with E-state index in [9.17, 15) is 19.8 Å². The van der Waals surface area contributed by atoms with Crippen LogP contribution in [0, 0.1) is 0 Å². The predicted molar refractivity (Wildman–Crippen MR) is 329 cm³/mol. The number of ether oxygens (including phenoxy) is 1. The van der Waals surface area contributed by atoms with Crippen LogP contribution in [0.25, 0.3) is 0 Å². The first kappa shape index (κ1) is 73.3. The Labute approximate surface area is 469 Å². The molecule has 6 heteroatoms. The summed E-state index contributed by atoms with van der Waals surface area (Å²) in [7, 11) is 0. The van der Waals surface area contributed by atoms with Crippen LogP contribution in [-0.2, 0) is 14.3 Å². The molecule has 0 aromatic rings. The van der Waals surface area contributed by atoms with Crippen molar-refractivity contribution in [1.82, 2.24) is 5.32 Å². The van der Waals surface area contributed by atoms with Gasteiger partial charge in [0.15, 0.2) is 0 Å². The number of rotatable bonds is 64.